The summed E-state index contributed by atoms with van der Waals surface area (Å²) in [4.78, 5) is 5.65. The van der Waals surface area contributed by atoms with E-state index in [0.717, 1.165) is 16.5 Å². The van der Waals surface area contributed by atoms with Gasteiger partial charge in [-0.1, -0.05) is 24.3 Å². The summed E-state index contributed by atoms with van der Waals surface area (Å²) in [6.45, 7) is 0.542. The number of ether oxygens (including phenoxy) is 1. The van der Waals surface area contributed by atoms with Gasteiger partial charge in [-0.15, -0.1) is 22.9 Å². The molecule has 0 aliphatic rings. The van der Waals surface area contributed by atoms with Crippen molar-refractivity contribution in [3.63, 3.8) is 0 Å². The Morgan fingerprint density at radius 1 is 1.16 bits per heavy atom. The first-order chi connectivity index (χ1) is 9.36. The van der Waals surface area contributed by atoms with Crippen LogP contribution in [0.15, 0.2) is 47.8 Å². The Bertz CT molecular complexity index is 682. The predicted molar refractivity (Wildman–Crippen MR) is 80.0 cm³/mol. The summed E-state index contributed by atoms with van der Waals surface area (Å²) in [6, 6.07) is 14.1. The van der Waals surface area contributed by atoms with E-state index in [1.54, 1.807) is 11.3 Å². The number of halogens is 1. The van der Waals surface area contributed by atoms with Crippen molar-refractivity contribution in [3.05, 3.63) is 58.4 Å². The number of rotatable bonds is 4. The summed E-state index contributed by atoms with van der Waals surface area (Å²) in [5.74, 6) is 1.04. The molecule has 0 atom stereocenters. The van der Waals surface area contributed by atoms with E-state index in [1.165, 1.54) is 4.88 Å². The number of pyridine rings is 1. The lowest BCUT2D eigenvalue weighted by molar-refractivity contribution is 0.301. The lowest BCUT2D eigenvalue weighted by Gasteiger charge is -2.09. The van der Waals surface area contributed by atoms with Crippen LogP contribution in [-0.2, 0) is 12.5 Å². The second kappa shape index (κ2) is 5.59. The SMILES string of the molecule is ClCc1cc2ccccc2c(OCc2cccs2)n1. The first kappa shape index (κ1) is 12.5. The zero-order chi connectivity index (χ0) is 13.1. The quantitative estimate of drug-likeness (QED) is 0.654. The molecule has 4 heteroatoms. The van der Waals surface area contributed by atoms with Crippen LogP contribution in [-0.4, -0.2) is 4.98 Å². The maximum absolute atomic E-state index is 5.88. The van der Waals surface area contributed by atoms with Crippen LogP contribution >= 0.6 is 22.9 Å². The molecular formula is C15H12ClNOS. The summed E-state index contributed by atoms with van der Waals surface area (Å²) in [7, 11) is 0. The van der Waals surface area contributed by atoms with E-state index < -0.39 is 0 Å². The number of aromatic nitrogens is 1. The molecule has 0 unspecified atom stereocenters. The molecule has 3 aromatic rings. The number of benzene rings is 1. The molecule has 0 aliphatic heterocycles. The highest BCUT2D eigenvalue weighted by Crippen LogP contribution is 2.26. The van der Waals surface area contributed by atoms with Gasteiger partial charge in [-0.2, -0.15) is 0 Å². The summed E-state index contributed by atoms with van der Waals surface area (Å²) < 4.78 is 5.85. The maximum atomic E-state index is 5.88. The highest BCUT2D eigenvalue weighted by molar-refractivity contribution is 7.09. The van der Waals surface area contributed by atoms with E-state index >= 15 is 0 Å². The van der Waals surface area contributed by atoms with E-state index in [4.69, 9.17) is 16.3 Å². The Labute approximate surface area is 120 Å². The fourth-order valence-electron chi connectivity index (χ4n) is 1.93. The molecule has 0 N–H and O–H groups in total. The van der Waals surface area contributed by atoms with Crippen LogP contribution in [0.1, 0.15) is 10.6 Å². The number of nitrogens with zero attached hydrogens (tertiary/aromatic N) is 1. The van der Waals surface area contributed by atoms with E-state index in [-0.39, 0.29) is 0 Å². The first-order valence-corrected chi connectivity index (χ1v) is 7.38. The Morgan fingerprint density at radius 2 is 2.05 bits per heavy atom. The van der Waals surface area contributed by atoms with Crippen LogP contribution in [0.5, 0.6) is 5.88 Å². The van der Waals surface area contributed by atoms with Crippen molar-refractivity contribution in [1.29, 1.82) is 0 Å². The third-order valence-electron chi connectivity index (χ3n) is 2.83. The summed E-state index contributed by atoms with van der Waals surface area (Å²) >= 11 is 7.56. The van der Waals surface area contributed by atoms with Crippen LogP contribution in [0.3, 0.4) is 0 Å². The number of hydrogen-bond donors (Lipinski definition) is 0. The molecule has 2 heterocycles. The average molecular weight is 290 g/mol. The van der Waals surface area contributed by atoms with Crippen LogP contribution < -0.4 is 4.74 Å². The normalized spacial score (nSPS) is 10.8. The van der Waals surface area contributed by atoms with E-state index in [9.17, 15) is 0 Å². The van der Waals surface area contributed by atoms with Crippen molar-refractivity contribution in [2.75, 3.05) is 0 Å². The molecule has 0 fully saturated rings. The van der Waals surface area contributed by atoms with Crippen molar-refractivity contribution >= 4 is 33.7 Å². The molecule has 0 bridgehead atoms. The number of fused-ring (bicyclic) bond motifs is 1. The van der Waals surface area contributed by atoms with E-state index in [0.29, 0.717) is 18.4 Å². The molecule has 0 radical (unpaired) electrons. The third kappa shape index (κ3) is 2.72. The topological polar surface area (TPSA) is 22.1 Å². The standard InChI is InChI=1S/C15H12ClNOS/c16-9-12-8-11-4-1-2-6-14(11)15(17-12)18-10-13-5-3-7-19-13/h1-8H,9-10H2. The van der Waals surface area contributed by atoms with Gasteiger partial charge < -0.3 is 4.74 Å². The van der Waals surface area contributed by atoms with Crippen molar-refractivity contribution in [2.45, 2.75) is 12.5 Å². The van der Waals surface area contributed by atoms with Gasteiger partial charge in [-0.25, -0.2) is 4.98 Å². The van der Waals surface area contributed by atoms with Crippen molar-refractivity contribution in [3.8, 4) is 5.88 Å². The second-order valence-corrected chi connectivity index (χ2v) is 5.44. The van der Waals surface area contributed by atoms with Gasteiger partial charge in [-0.3, -0.25) is 0 Å². The van der Waals surface area contributed by atoms with Crippen LogP contribution in [0.2, 0.25) is 0 Å². The third-order valence-corrected chi connectivity index (χ3v) is 3.95. The summed E-state index contributed by atoms with van der Waals surface area (Å²) in [5.41, 5.74) is 0.835. The van der Waals surface area contributed by atoms with E-state index in [2.05, 4.69) is 11.1 Å². The molecule has 96 valence electrons. The first-order valence-electron chi connectivity index (χ1n) is 5.96. The monoisotopic (exact) mass is 289 g/mol. The molecule has 3 rings (SSSR count). The zero-order valence-electron chi connectivity index (χ0n) is 10.2. The smallest absolute Gasteiger partial charge is 0.221 e. The van der Waals surface area contributed by atoms with Gasteiger partial charge in [0.1, 0.15) is 6.61 Å². The molecule has 19 heavy (non-hydrogen) atoms. The van der Waals surface area contributed by atoms with Crippen molar-refractivity contribution in [1.82, 2.24) is 4.98 Å². The minimum Gasteiger partial charge on any atom is -0.471 e. The van der Waals surface area contributed by atoms with Gasteiger partial charge in [0.25, 0.3) is 0 Å². The highest BCUT2D eigenvalue weighted by Gasteiger charge is 2.07. The number of hydrogen-bond acceptors (Lipinski definition) is 3. The maximum Gasteiger partial charge on any atom is 0.221 e. The predicted octanol–water partition coefficient (Wildman–Crippen LogP) is 4.61. The molecule has 2 nitrogen and oxygen atoms in total. The lowest BCUT2D eigenvalue weighted by atomic mass is 10.1. The van der Waals surface area contributed by atoms with Crippen LogP contribution in [0, 0.1) is 0 Å². The van der Waals surface area contributed by atoms with E-state index in [1.807, 2.05) is 41.8 Å². The minimum absolute atomic E-state index is 0.389. The zero-order valence-corrected chi connectivity index (χ0v) is 11.7. The largest absolute Gasteiger partial charge is 0.471 e. The number of alkyl halides is 1. The molecule has 0 spiro atoms. The molecule has 2 aromatic heterocycles. The van der Waals surface area contributed by atoms with Crippen LogP contribution in [0.4, 0.5) is 0 Å². The average Bonchev–Trinajstić information content (AvgIpc) is 2.97. The Hall–Kier alpha value is -1.58. The van der Waals surface area contributed by atoms with Gasteiger partial charge in [0.15, 0.2) is 0 Å². The molecule has 1 aromatic carbocycles. The Kier molecular flexibility index (Phi) is 3.67. The van der Waals surface area contributed by atoms with Crippen molar-refractivity contribution in [2.24, 2.45) is 0 Å². The fourth-order valence-corrected chi connectivity index (χ4v) is 2.69. The van der Waals surface area contributed by atoms with Crippen LogP contribution in [0.25, 0.3) is 10.8 Å². The van der Waals surface area contributed by atoms with Gasteiger partial charge in [0, 0.05) is 10.3 Å². The highest BCUT2D eigenvalue weighted by atomic mass is 35.5. The Morgan fingerprint density at radius 3 is 2.84 bits per heavy atom. The number of thiophene rings is 1. The second-order valence-electron chi connectivity index (χ2n) is 4.14. The molecular weight excluding hydrogens is 278 g/mol. The summed E-state index contributed by atoms with van der Waals surface area (Å²) in [5, 5.41) is 4.17. The lowest BCUT2D eigenvalue weighted by Crippen LogP contribution is -1.98. The summed E-state index contributed by atoms with van der Waals surface area (Å²) in [6.07, 6.45) is 0. The Balaban J connectivity index is 1.96. The minimum atomic E-state index is 0.389. The molecule has 0 saturated heterocycles. The van der Waals surface area contributed by atoms with Crippen molar-refractivity contribution < 1.29 is 4.74 Å². The molecule has 0 amide bonds. The fraction of sp³-hybridized carbons (Fsp3) is 0.133. The van der Waals surface area contributed by atoms with Gasteiger partial charge in [0.05, 0.1) is 11.6 Å². The molecule has 0 aliphatic carbocycles. The van der Waals surface area contributed by atoms with Gasteiger partial charge >= 0.3 is 0 Å². The molecule has 0 saturated carbocycles. The van der Waals surface area contributed by atoms with Gasteiger partial charge in [-0.05, 0) is 29.0 Å². The van der Waals surface area contributed by atoms with Gasteiger partial charge in [0.2, 0.25) is 5.88 Å².